The first-order valence-electron chi connectivity index (χ1n) is 10.2. The van der Waals surface area contributed by atoms with E-state index < -0.39 is 5.67 Å². The Hall–Kier alpha value is -3.68. The van der Waals surface area contributed by atoms with E-state index in [-0.39, 0.29) is 5.91 Å². The number of carbonyl (C=O) groups is 1. The molecule has 4 aromatic heterocycles. The van der Waals surface area contributed by atoms with Gasteiger partial charge in [-0.25, -0.2) is 19.3 Å². The number of imidazole rings is 1. The largest absolute Gasteiger partial charge is 0.338 e. The van der Waals surface area contributed by atoms with Crippen LogP contribution in [0.3, 0.4) is 0 Å². The number of alkyl halides is 1. The molecule has 1 aliphatic rings. The summed E-state index contributed by atoms with van der Waals surface area (Å²) in [6, 6.07) is 9.01. The zero-order valence-corrected chi connectivity index (χ0v) is 16.9. The minimum Gasteiger partial charge on any atom is -0.338 e. The van der Waals surface area contributed by atoms with Crippen molar-refractivity contribution in [2.75, 3.05) is 13.1 Å². The summed E-state index contributed by atoms with van der Waals surface area (Å²) in [7, 11) is 0. The smallest absolute Gasteiger partial charge is 0.256 e. The number of fused-ring (bicyclic) bond motifs is 1. The predicted octanol–water partition coefficient (Wildman–Crippen LogP) is 3.37. The number of piperidine rings is 1. The van der Waals surface area contributed by atoms with Gasteiger partial charge in [0.2, 0.25) is 0 Å². The van der Waals surface area contributed by atoms with Crippen LogP contribution in [-0.2, 0) is 6.42 Å². The molecule has 0 aromatic carbocycles. The second kappa shape index (κ2) is 7.86. The van der Waals surface area contributed by atoms with Crippen molar-refractivity contribution in [2.45, 2.75) is 24.9 Å². The average Bonchev–Trinajstić information content (AvgIpc) is 3.27. The van der Waals surface area contributed by atoms with Gasteiger partial charge in [-0.05, 0) is 42.7 Å². The number of aromatic nitrogens is 5. The molecule has 5 rings (SSSR count). The van der Waals surface area contributed by atoms with Crippen molar-refractivity contribution in [1.29, 1.82) is 0 Å². The summed E-state index contributed by atoms with van der Waals surface area (Å²) in [5, 5.41) is 0. The van der Waals surface area contributed by atoms with E-state index in [1.165, 1.54) is 6.33 Å². The molecule has 0 atom stereocenters. The molecule has 4 aromatic rings. The number of nitrogens with zero attached hydrogens (tertiary/aromatic N) is 6. The third-order valence-electron chi connectivity index (χ3n) is 5.78. The summed E-state index contributed by atoms with van der Waals surface area (Å²) in [4.78, 5) is 31.6. The van der Waals surface area contributed by atoms with E-state index in [0.29, 0.717) is 49.3 Å². The Labute approximate surface area is 178 Å². The summed E-state index contributed by atoms with van der Waals surface area (Å²) in [6.07, 6.45) is 11.1. The van der Waals surface area contributed by atoms with E-state index in [1.807, 2.05) is 28.9 Å². The Morgan fingerprint density at radius 1 is 1.03 bits per heavy atom. The van der Waals surface area contributed by atoms with Crippen LogP contribution in [0, 0.1) is 0 Å². The summed E-state index contributed by atoms with van der Waals surface area (Å²) >= 11 is 0. The Morgan fingerprint density at radius 2 is 1.90 bits per heavy atom. The maximum atomic E-state index is 15.6. The Balaban J connectivity index is 1.30. The van der Waals surface area contributed by atoms with Gasteiger partial charge in [-0.15, -0.1) is 0 Å². The zero-order valence-electron chi connectivity index (χ0n) is 16.9. The van der Waals surface area contributed by atoms with Crippen molar-refractivity contribution in [3.63, 3.8) is 0 Å². The van der Waals surface area contributed by atoms with Crippen LogP contribution in [0.15, 0.2) is 67.6 Å². The lowest BCUT2D eigenvalue weighted by Gasteiger charge is -2.36. The van der Waals surface area contributed by atoms with Crippen molar-refractivity contribution in [2.24, 2.45) is 0 Å². The van der Waals surface area contributed by atoms with E-state index in [9.17, 15) is 4.79 Å². The van der Waals surface area contributed by atoms with E-state index in [2.05, 4.69) is 19.9 Å². The molecular formula is C23H21FN6O. The molecule has 1 fully saturated rings. The molecule has 7 nitrogen and oxygen atoms in total. The third-order valence-corrected chi connectivity index (χ3v) is 5.78. The van der Waals surface area contributed by atoms with Crippen LogP contribution in [0.4, 0.5) is 4.39 Å². The van der Waals surface area contributed by atoms with Crippen LogP contribution in [0.5, 0.6) is 0 Å². The molecule has 0 spiro atoms. The molecule has 8 heteroatoms. The van der Waals surface area contributed by atoms with Gasteiger partial charge in [-0.3, -0.25) is 9.78 Å². The summed E-state index contributed by atoms with van der Waals surface area (Å²) < 4.78 is 17.5. The van der Waals surface area contributed by atoms with Gasteiger partial charge in [0.25, 0.3) is 5.91 Å². The molecular weight excluding hydrogens is 395 g/mol. The van der Waals surface area contributed by atoms with Crippen LogP contribution in [0.25, 0.3) is 17.0 Å². The zero-order chi connectivity index (χ0) is 21.3. The number of pyridine rings is 2. The summed E-state index contributed by atoms with van der Waals surface area (Å²) in [5.74, 6) is -0.149. The molecule has 0 unspecified atom stereocenters. The highest BCUT2D eigenvalue weighted by molar-refractivity contribution is 5.99. The minimum atomic E-state index is -1.34. The molecule has 0 saturated carbocycles. The molecule has 0 N–H and O–H groups in total. The lowest BCUT2D eigenvalue weighted by molar-refractivity contribution is 0.0437. The first-order chi connectivity index (χ1) is 15.1. The van der Waals surface area contributed by atoms with Crippen LogP contribution in [0.1, 0.15) is 28.8 Å². The second-order valence-corrected chi connectivity index (χ2v) is 7.84. The normalized spacial score (nSPS) is 15.8. The number of hydrogen-bond donors (Lipinski definition) is 0. The van der Waals surface area contributed by atoms with Gasteiger partial charge in [-0.1, -0.05) is 6.07 Å². The quantitative estimate of drug-likeness (QED) is 0.510. The van der Waals surface area contributed by atoms with Crippen molar-refractivity contribution < 1.29 is 9.18 Å². The molecule has 0 radical (unpaired) electrons. The topological polar surface area (TPSA) is 76.3 Å². The Morgan fingerprint density at radius 3 is 2.71 bits per heavy atom. The minimum absolute atomic E-state index is 0.149. The summed E-state index contributed by atoms with van der Waals surface area (Å²) in [5.41, 5.74) is 2.00. The Kier molecular flexibility index (Phi) is 4.89. The molecule has 31 heavy (non-hydrogen) atoms. The van der Waals surface area contributed by atoms with E-state index in [4.69, 9.17) is 0 Å². The third kappa shape index (κ3) is 3.88. The van der Waals surface area contributed by atoms with Gasteiger partial charge in [0.05, 0.1) is 11.3 Å². The summed E-state index contributed by atoms with van der Waals surface area (Å²) in [6.45, 7) is 0.724. The SMILES string of the molecule is O=C(c1cccnc1-c1ccncn1)N1CCC(F)(Cc2ccc3nccn3c2)CC1. The highest BCUT2D eigenvalue weighted by Crippen LogP contribution is 2.32. The molecule has 1 aliphatic heterocycles. The van der Waals surface area contributed by atoms with E-state index in [0.717, 1.165) is 11.2 Å². The highest BCUT2D eigenvalue weighted by Gasteiger charge is 2.37. The lowest BCUT2D eigenvalue weighted by Crippen LogP contribution is -2.45. The number of rotatable bonds is 4. The molecule has 1 amide bonds. The highest BCUT2D eigenvalue weighted by atomic mass is 19.1. The second-order valence-electron chi connectivity index (χ2n) is 7.84. The van der Waals surface area contributed by atoms with Crippen LogP contribution in [0.2, 0.25) is 0 Å². The van der Waals surface area contributed by atoms with Gasteiger partial charge in [0.1, 0.15) is 23.3 Å². The van der Waals surface area contributed by atoms with Gasteiger partial charge >= 0.3 is 0 Å². The number of amides is 1. The standard InChI is InChI=1S/C23H21FN6O/c24-23(14-17-3-4-20-26-10-13-30(20)15-17)6-11-29(12-7-23)22(31)18-2-1-8-27-21(18)19-5-9-25-16-28-19/h1-5,8-10,13,15-16H,6-7,11-12,14H2. The monoisotopic (exact) mass is 416 g/mol. The van der Waals surface area contributed by atoms with Gasteiger partial charge < -0.3 is 9.30 Å². The molecule has 0 bridgehead atoms. The van der Waals surface area contributed by atoms with Crippen molar-refractivity contribution in [1.82, 2.24) is 29.2 Å². The fourth-order valence-electron chi connectivity index (χ4n) is 4.11. The van der Waals surface area contributed by atoms with E-state index >= 15 is 4.39 Å². The van der Waals surface area contributed by atoms with Gasteiger partial charge in [0, 0.05) is 50.5 Å². The fraction of sp³-hybridized carbons (Fsp3) is 0.261. The average molecular weight is 416 g/mol. The van der Waals surface area contributed by atoms with Gasteiger partial charge in [0.15, 0.2) is 0 Å². The fourth-order valence-corrected chi connectivity index (χ4v) is 4.11. The Bertz CT molecular complexity index is 1220. The van der Waals surface area contributed by atoms with Crippen molar-refractivity contribution in [3.05, 3.63) is 78.8 Å². The van der Waals surface area contributed by atoms with Crippen LogP contribution >= 0.6 is 0 Å². The van der Waals surface area contributed by atoms with Crippen LogP contribution < -0.4 is 0 Å². The first-order valence-corrected chi connectivity index (χ1v) is 10.2. The number of likely N-dealkylation sites (tertiary alicyclic amines) is 1. The number of hydrogen-bond acceptors (Lipinski definition) is 5. The molecule has 1 saturated heterocycles. The lowest BCUT2D eigenvalue weighted by atomic mass is 9.87. The first kappa shape index (κ1) is 19.3. The van der Waals surface area contributed by atoms with Crippen molar-refractivity contribution >= 4 is 11.6 Å². The maximum absolute atomic E-state index is 15.6. The molecule has 0 aliphatic carbocycles. The maximum Gasteiger partial charge on any atom is 0.256 e. The number of halogens is 1. The van der Waals surface area contributed by atoms with E-state index in [1.54, 1.807) is 41.7 Å². The number of carbonyl (C=O) groups excluding carboxylic acids is 1. The molecule has 5 heterocycles. The molecule has 156 valence electrons. The van der Waals surface area contributed by atoms with Crippen LogP contribution in [-0.4, -0.2) is 53.9 Å². The van der Waals surface area contributed by atoms with Crippen molar-refractivity contribution in [3.8, 4) is 11.4 Å². The predicted molar refractivity (Wildman–Crippen MR) is 113 cm³/mol. The van der Waals surface area contributed by atoms with Gasteiger partial charge in [-0.2, -0.15) is 0 Å².